The molecule has 1 atom stereocenters. The molecule has 0 unspecified atom stereocenters. The molecule has 1 fully saturated rings. The van der Waals surface area contributed by atoms with Crippen LogP contribution in [0, 0.1) is 0 Å². The van der Waals surface area contributed by atoms with Crippen LogP contribution in [0.15, 0.2) is 43.0 Å². The van der Waals surface area contributed by atoms with Crippen LogP contribution in [-0.4, -0.2) is 60.2 Å². The second-order valence-corrected chi connectivity index (χ2v) is 6.45. The summed E-state index contributed by atoms with van der Waals surface area (Å²) in [6.45, 7) is 7.54. The van der Waals surface area contributed by atoms with Crippen molar-refractivity contribution in [3.63, 3.8) is 0 Å². The first kappa shape index (κ1) is 17.6. The smallest absolute Gasteiger partial charge is 0.137 e. The number of ether oxygens (including phenoxy) is 1. The Morgan fingerprint density at radius 2 is 1.88 bits per heavy atom. The topological polar surface area (TPSA) is 67.5 Å². The summed E-state index contributed by atoms with van der Waals surface area (Å²) in [6, 6.07) is 6.16. The van der Waals surface area contributed by atoms with Gasteiger partial charge in [-0.05, 0) is 30.2 Å². The summed E-state index contributed by atoms with van der Waals surface area (Å²) in [5, 5.41) is 0. The fourth-order valence-corrected chi connectivity index (χ4v) is 3.07. The summed E-state index contributed by atoms with van der Waals surface area (Å²) in [6.07, 6.45) is 8.27. The van der Waals surface area contributed by atoms with Crippen LogP contribution < -0.4 is 15.4 Å². The minimum absolute atomic E-state index is 0.00208. The van der Waals surface area contributed by atoms with Crippen molar-refractivity contribution in [3.05, 3.63) is 48.5 Å². The van der Waals surface area contributed by atoms with E-state index in [2.05, 4.69) is 38.8 Å². The minimum atomic E-state index is -0.00208. The third-order valence-corrected chi connectivity index (χ3v) is 4.53. The number of aromatic nitrogens is 2. The van der Waals surface area contributed by atoms with Crippen LogP contribution in [0.4, 0.5) is 5.69 Å². The van der Waals surface area contributed by atoms with Crippen molar-refractivity contribution >= 4 is 5.69 Å². The molecule has 0 bridgehead atoms. The van der Waals surface area contributed by atoms with E-state index in [1.807, 2.05) is 24.7 Å². The first-order valence-electron chi connectivity index (χ1n) is 8.94. The van der Waals surface area contributed by atoms with Gasteiger partial charge in [-0.15, -0.1) is 0 Å². The van der Waals surface area contributed by atoms with E-state index in [9.17, 15) is 0 Å². The normalized spacial score (nSPS) is 16.6. The number of hydrogen-bond acceptors (Lipinski definition) is 6. The van der Waals surface area contributed by atoms with E-state index < -0.39 is 0 Å². The molecule has 1 saturated heterocycles. The Bertz CT molecular complexity index is 643. The minimum Gasteiger partial charge on any atom is -0.490 e. The highest BCUT2D eigenvalue weighted by molar-refractivity contribution is 5.44. The summed E-state index contributed by atoms with van der Waals surface area (Å²) in [5.74, 6) is 0.803. The van der Waals surface area contributed by atoms with Crippen LogP contribution in [0.2, 0.25) is 0 Å². The number of nitrogens with two attached hydrogens (primary N) is 1. The number of nitrogens with zero attached hydrogens (tertiary/aromatic N) is 4. The zero-order chi connectivity index (χ0) is 17.5. The second kappa shape index (κ2) is 8.78. The molecule has 2 aromatic rings. The highest BCUT2D eigenvalue weighted by atomic mass is 16.5. The van der Waals surface area contributed by atoms with Gasteiger partial charge < -0.3 is 15.4 Å². The van der Waals surface area contributed by atoms with Gasteiger partial charge in [-0.3, -0.25) is 14.9 Å². The molecule has 6 nitrogen and oxygen atoms in total. The van der Waals surface area contributed by atoms with Gasteiger partial charge in [0.25, 0.3) is 0 Å². The number of rotatable bonds is 7. The van der Waals surface area contributed by atoms with Gasteiger partial charge in [0.05, 0.1) is 12.2 Å². The van der Waals surface area contributed by atoms with Gasteiger partial charge in [-0.25, -0.2) is 0 Å². The molecule has 0 spiro atoms. The van der Waals surface area contributed by atoms with E-state index in [1.165, 1.54) is 11.3 Å². The Balaban J connectivity index is 1.41. The summed E-state index contributed by atoms with van der Waals surface area (Å²) in [4.78, 5) is 13.1. The number of aryl methyl sites for hydroxylation is 1. The molecule has 0 aromatic carbocycles. The van der Waals surface area contributed by atoms with E-state index in [4.69, 9.17) is 10.5 Å². The Morgan fingerprint density at radius 1 is 1.12 bits per heavy atom. The maximum atomic E-state index is 6.26. The van der Waals surface area contributed by atoms with Crippen LogP contribution in [-0.2, 0) is 6.42 Å². The van der Waals surface area contributed by atoms with Gasteiger partial charge in [0, 0.05) is 57.0 Å². The molecule has 3 rings (SSSR count). The van der Waals surface area contributed by atoms with Crippen molar-refractivity contribution in [1.82, 2.24) is 14.9 Å². The highest BCUT2D eigenvalue weighted by Crippen LogP contribution is 2.15. The number of hydrogen-bond donors (Lipinski definition) is 1. The molecule has 25 heavy (non-hydrogen) atoms. The standard InChI is InChI=1S/C19H27N5O/c1-2-16-11-19(13-22-12-16)25-15-17(20)14-23-7-9-24(10-8-23)18-3-5-21-6-4-18/h3-6,11-13,17H,2,7-10,14-15,20H2,1H3/t17-/m0/s1. The number of pyridine rings is 2. The van der Waals surface area contributed by atoms with Crippen LogP contribution >= 0.6 is 0 Å². The molecule has 1 aliphatic rings. The van der Waals surface area contributed by atoms with Crippen LogP contribution in [0.5, 0.6) is 5.75 Å². The van der Waals surface area contributed by atoms with E-state index >= 15 is 0 Å². The summed E-state index contributed by atoms with van der Waals surface area (Å²) in [5.41, 5.74) is 8.68. The van der Waals surface area contributed by atoms with Crippen molar-refractivity contribution < 1.29 is 4.74 Å². The van der Waals surface area contributed by atoms with Crippen LogP contribution in [0.1, 0.15) is 12.5 Å². The molecule has 2 N–H and O–H groups in total. The van der Waals surface area contributed by atoms with Crippen molar-refractivity contribution in [2.24, 2.45) is 5.73 Å². The number of anilines is 1. The van der Waals surface area contributed by atoms with Gasteiger partial charge in [-0.2, -0.15) is 0 Å². The lowest BCUT2D eigenvalue weighted by Gasteiger charge is -2.37. The lowest BCUT2D eigenvalue weighted by molar-refractivity contribution is 0.204. The van der Waals surface area contributed by atoms with Gasteiger partial charge in [0.1, 0.15) is 12.4 Å². The van der Waals surface area contributed by atoms with Crippen LogP contribution in [0.3, 0.4) is 0 Å². The summed E-state index contributed by atoms with van der Waals surface area (Å²) < 4.78 is 5.81. The molecule has 0 amide bonds. The molecule has 3 heterocycles. The summed E-state index contributed by atoms with van der Waals surface area (Å²) in [7, 11) is 0. The Kier molecular flexibility index (Phi) is 6.19. The van der Waals surface area contributed by atoms with Crippen molar-refractivity contribution in [3.8, 4) is 5.75 Å². The third kappa shape index (κ3) is 5.14. The Labute approximate surface area is 149 Å². The van der Waals surface area contributed by atoms with E-state index in [0.29, 0.717) is 6.61 Å². The molecule has 6 heteroatoms. The zero-order valence-electron chi connectivity index (χ0n) is 14.8. The van der Waals surface area contributed by atoms with Crippen molar-refractivity contribution in [2.45, 2.75) is 19.4 Å². The van der Waals surface area contributed by atoms with E-state index in [-0.39, 0.29) is 6.04 Å². The molecule has 2 aromatic heterocycles. The molecule has 134 valence electrons. The van der Waals surface area contributed by atoms with Gasteiger partial charge in [-0.1, -0.05) is 6.92 Å². The van der Waals surface area contributed by atoms with Crippen molar-refractivity contribution in [2.75, 3.05) is 44.2 Å². The van der Waals surface area contributed by atoms with Crippen LogP contribution in [0.25, 0.3) is 0 Å². The van der Waals surface area contributed by atoms with Gasteiger partial charge in [0.15, 0.2) is 0 Å². The SMILES string of the molecule is CCc1cncc(OC[C@@H](N)CN2CCN(c3ccncc3)CC2)c1. The Hall–Kier alpha value is -2.18. The summed E-state index contributed by atoms with van der Waals surface area (Å²) >= 11 is 0. The maximum Gasteiger partial charge on any atom is 0.137 e. The molecular formula is C19H27N5O. The van der Waals surface area contributed by atoms with Crippen molar-refractivity contribution in [1.29, 1.82) is 0 Å². The second-order valence-electron chi connectivity index (χ2n) is 6.45. The maximum absolute atomic E-state index is 6.26. The monoisotopic (exact) mass is 341 g/mol. The highest BCUT2D eigenvalue weighted by Gasteiger charge is 2.19. The lowest BCUT2D eigenvalue weighted by Crippen LogP contribution is -2.51. The average Bonchev–Trinajstić information content (AvgIpc) is 2.68. The molecule has 0 saturated carbocycles. The quantitative estimate of drug-likeness (QED) is 0.824. The molecule has 0 aliphatic carbocycles. The zero-order valence-corrected chi connectivity index (χ0v) is 14.8. The average molecular weight is 341 g/mol. The first-order chi connectivity index (χ1) is 12.2. The molecular weight excluding hydrogens is 314 g/mol. The fourth-order valence-electron chi connectivity index (χ4n) is 3.07. The predicted octanol–water partition coefficient (Wildman–Crippen LogP) is 1.57. The molecule has 0 radical (unpaired) electrons. The van der Waals surface area contributed by atoms with E-state index in [0.717, 1.165) is 44.9 Å². The predicted molar refractivity (Wildman–Crippen MR) is 100.0 cm³/mol. The Morgan fingerprint density at radius 3 is 2.60 bits per heavy atom. The first-order valence-corrected chi connectivity index (χ1v) is 8.94. The lowest BCUT2D eigenvalue weighted by atomic mass is 10.2. The van der Waals surface area contributed by atoms with Gasteiger partial charge >= 0.3 is 0 Å². The molecule has 1 aliphatic heterocycles. The van der Waals surface area contributed by atoms with E-state index in [1.54, 1.807) is 6.20 Å². The number of piperazine rings is 1. The third-order valence-electron chi connectivity index (χ3n) is 4.53. The fraction of sp³-hybridized carbons (Fsp3) is 0.474. The van der Waals surface area contributed by atoms with Gasteiger partial charge in [0.2, 0.25) is 0 Å². The largest absolute Gasteiger partial charge is 0.490 e.